The number of rotatable bonds is 6. The van der Waals surface area contributed by atoms with E-state index in [-0.39, 0.29) is 18.3 Å². The van der Waals surface area contributed by atoms with E-state index in [2.05, 4.69) is 5.32 Å². The molecule has 27 heavy (non-hydrogen) atoms. The van der Waals surface area contributed by atoms with Crippen LogP contribution in [0.4, 0.5) is 0 Å². The van der Waals surface area contributed by atoms with Crippen LogP contribution in [-0.2, 0) is 16.1 Å². The van der Waals surface area contributed by atoms with Gasteiger partial charge in [0.05, 0.1) is 0 Å². The molecule has 3 aromatic rings. The van der Waals surface area contributed by atoms with E-state index in [1.807, 2.05) is 31.2 Å². The second-order valence-corrected chi connectivity index (χ2v) is 7.21. The van der Waals surface area contributed by atoms with Gasteiger partial charge in [-0.25, -0.2) is 4.79 Å². The minimum atomic E-state index is -0.482. The maximum Gasteiger partial charge on any atom is 0.349 e. The van der Waals surface area contributed by atoms with Crippen LogP contribution in [-0.4, -0.2) is 24.3 Å². The fourth-order valence-electron chi connectivity index (χ4n) is 2.68. The number of hydrogen-bond acceptors (Lipinski definition) is 5. The summed E-state index contributed by atoms with van der Waals surface area (Å²) in [5.74, 6) is -0.865. The van der Waals surface area contributed by atoms with Crippen molar-refractivity contribution >= 4 is 39.1 Å². The molecule has 0 bridgehead atoms. The van der Waals surface area contributed by atoms with Crippen molar-refractivity contribution < 1.29 is 19.1 Å². The van der Waals surface area contributed by atoms with Crippen molar-refractivity contribution in [3.8, 4) is 0 Å². The Kier molecular flexibility index (Phi) is 5.66. The molecular weight excluding hydrogens is 362 g/mol. The predicted octanol–water partition coefficient (Wildman–Crippen LogP) is 3.89. The van der Waals surface area contributed by atoms with E-state index < -0.39 is 5.97 Å². The van der Waals surface area contributed by atoms with Crippen LogP contribution in [0.5, 0.6) is 0 Å². The topological polar surface area (TPSA) is 72.5 Å². The van der Waals surface area contributed by atoms with Crippen LogP contribution in [0.15, 0.2) is 48.5 Å². The van der Waals surface area contributed by atoms with Gasteiger partial charge in [0.2, 0.25) is 5.91 Å². The first-order valence-electron chi connectivity index (χ1n) is 8.47. The summed E-state index contributed by atoms with van der Waals surface area (Å²) >= 11 is 1.37. The SMILES string of the molecule is CC(=O)NCc1ccc(C(=O)COC(=O)c2sc3ccccc3c2C)cc1. The van der Waals surface area contributed by atoms with Gasteiger partial charge in [0, 0.05) is 23.7 Å². The summed E-state index contributed by atoms with van der Waals surface area (Å²) < 4.78 is 6.25. The highest BCUT2D eigenvalue weighted by Gasteiger charge is 2.18. The average molecular weight is 381 g/mol. The monoisotopic (exact) mass is 381 g/mol. The largest absolute Gasteiger partial charge is 0.453 e. The summed E-state index contributed by atoms with van der Waals surface area (Å²) in [6.07, 6.45) is 0. The highest BCUT2D eigenvalue weighted by Crippen LogP contribution is 2.30. The lowest BCUT2D eigenvalue weighted by Gasteiger charge is -2.06. The molecule has 6 heteroatoms. The number of fused-ring (bicyclic) bond motifs is 1. The summed E-state index contributed by atoms with van der Waals surface area (Å²) in [6, 6.07) is 14.6. The molecular formula is C21H19NO4S. The number of carbonyl (C=O) groups excluding carboxylic acids is 3. The Balaban J connectivity index is 1.62. The molecule has 0 aliphatic rings. The van der Waals surface area contributed by atoms with E-state index in [1.165, 1.54) is 18.3 Å². The zero-order valence-electron chi connectivity index (χ0n) is 15.1. The first-order valence-corrected chi connectivity index (χ1v) is 9.29. The molecule has 1 amide bonds. The van der Waals surface area contributed by atoms with Crippen LogP contribution in [0, 0.1) is 6.92 Å². The molecule has 3 rings (SSSR count). The summed E-state index contributed by atoms with van der Waals surface area (Å²) in [5, 5.41) is 3.72. The normalized spacial score (nSPS) is 10.6. The van der Waals surface area contributed by atoms with Gasteiger partial charge in [-0.1, -0.05) is 42.5 Å². The van der Waals surface area contributed by atoms with Crippen molar-refractivity contribution in [2.45, 2.75) is 20.4 Å². The third kappa shape index (κ3) is 4.41. The lowest BCUT2D eigenvalue weighted by atomic mass is 10.1. The van der Waals surface area contributed by atoms with E-state index in [4.69, 9.17) is 4.74 Å². The highest BCUT2D eigenvalue weighted by molar-refractivity contribution is 7.21. The van der Waals surface area contributed by atoms with Gasteiger partial charge in [0.1, 0.15) is 4.88 Å². The Labute approximate surface area is 161 Å². The number of thiophene rings is 1. The Hall–Kier alpha value is -2.99. The van der Waals surface area contributed by atoms with Crippen molar-refractivity contribution in [2.75, 3.05) is 6.61 Å². The van der Waals surface area contributed by atoms with Gasteiger partial charge >= 0.3 is 5.97 Å². The van der Waals surface area contributed by atoms with Gasteiger partial charge < -0.3 is 10.1 Å². The Morgan fingerprint density at radius 1 is 1.04 bits per heavy atom. The number of Topliss-reactive ketones (excluding diaryl/α,β-unsaturated/α-hetero) is 1. The third-order valence-corrected chi connectivity index (χ3v) is 5.43. The highest BCUT2D eigenvalue weighted by atomic mass is 32.1. The molecule has 0 unspecified atom stereocenters. The third-order valence-electron chi connectivity index (χ3n) is 4.18. The van der Waals surface area contributed by atoms with E-state index >= 15 is 0 Å². The van der Waals surface area contributed by atoms with Gasteiger partial charge in [0.15, 0.2) is 12.4 Å². The molecule has 0 atom stereocenters. The van der Waals surface area contributed by atoms with Crippen LogP contribution in [0.2, 0.25) is 0 Å². The molecule has 1 aromatic heterocycles. The van der Waals surface area contributed by atoms with E-state index in [0.29, 0.717) is 17.0 Å². The lowest BCUT2D eigenvalue weighted by Crippen LogP contribution is -2.19. The molecule has 0 aliphatic heterocycles. The Bertz CT molecular complexity index is 1000. The van der Waals surface area contributed by atoms with Crippen LogP contribution in [0.1, 0.15) is 38.1 Å². The predicted molar refractivity (Wildman–Crippen MR) is 105 cm³/mol. The number of nitrogens with one attached hydrogen (secondary N) is 1. The molecule has 0 fully saturated rings. The maximum atomic E-state index is 12.4. The van der Waals surface area contributed by atoms with Gasteiger partial charge in [-0.05, 0) is 29.5 Å². The molecule has 138 valence electrons. The number of benzene rings is 2. The van der Waals surface area contributed by atoms with Crippen molar-refractivity contribution in [2.24, 2.45) is 0 Å². The summed E-state index contributed by atoms with van der Waals surface area (Å²) in [7, 11) is 0. The summed E-state index contributed by atoms with van der Waals surface area (Å²) in [5.41, 5.74) is 2.22. The molecule has 0 aliphatic carbocycles. The second-order valence-electron chi connectivity index (χ2n) is 6.16. The van der Waals surface area contributed by atoms with Crippen LogP contribution in [0.3, 0.4) is 0 Å². The van der Waals surface area contributed by atoms with Crippen molar-refractivity contribution in [1.29, 1.82) is 0 Å². The Morgan fingerprint density at radius 3 is 2.41 bits per heavy atom. The fraction of sp³-hybridized carbons (Fsp3) is 0.190. The molecule has 0 radical (unpaired) electrons. The standard InChI is InChI=1S/C21H19NO4S/c1-13-17-5-3-4-6-19(17)27-20(13)21(25)26-12-18(24)16-9-7-15(8-10-16)11-22-14(2)23/h3-10H,11-12H2,1-2H3,(H,22,23). The first-order chi connectivity index (χ1) is 13.0. The molecule has 1 N–H and O–H groups in total. The van der Waals surface area contributed by atoms with Crippen molar-refractivity contribution in [3.63, 3.8) is 0 Å². The molecule has 0 saturated carbocycles. The number of ether oxygens (including phenoxy) is 1. The molecule has 5 nitrogen and oxygen atoms in total. The molecule has 0 saturated heterocycles. The van der Waals surface area contributed by atoms with Gasteiger partial charge in [0.25, 0.3) is 0 Å². The number of ketones is 1. The number of carbonyl (C=O) groups is 3. The van der Waals surface area contributed by atoms with E-state index in [9.17, 15) is 14.4 Å². The van der Waals surface area contributed by atoms with Crippen molar-refractivity contribution in [1.82, 2.24) is 5.32 Å². The molecule has 1 heterocycles. The Morgan fingerprint density at radius 2 is 1.74 bits per heavy atom. The van der Waals surface area contributed by atoms with Crippen LogP contribution in [0.25, 0.3) is 10.1 Å². The van der Waals surface area contributed by atoms with E-state index in [1.54, 1.807) is 24.3 Å². The van der Waals surface area contributed by atoms with Crippen LogP contribution < -0.4 is 5.32 Å². The number of amides is 1. The lowest BCUT2D eigenvalue weighted by molar-refractivity contribution is -0.119. The molecule has 0 spiro atoms. The smallest absolute Gasteiger partial charge is 0.349 e. The number of esters is 1. The zero-order chi connectivity index (χ0) is 19.4. The number of hydrogen-bond donors (Lipinski definition) is 1. The summed E-state index contributed by atoms with van der Waals surface area (Å²) in [4.78, 5) is 36.1. The second kappa shape index (κ2) is 8.14. The minimum Gasteiger partial charge on any atom is -0.453 e. The average Bonchev–Trinajstić information content (AvgIpc) is 3.01. The minimum absolute atomic E-state index is 0.112. The van der Waals surface area contributed by atoms with E-state index in [0.717, 1.165) is 21.2 Å². The van der Waals surface area contributed by atoms with Crippen molar-refractivity contribution in [3.05, 3.63) is 70.1 Å². The quantitative estimate of drug-likeness (QED) is 0.519. The van der Waals surface area contributed by atoms with Gasteiger partial charge in [-0.3, -0.25) is 9.59 Å². The van der Waals surface area contributed by atoms with Crippen LogP contribution >= 0.6 is 11.3 Å². The zero-order valence-corrected chi connectivity index (χ0v) is 15.9. The maximum absolute atomic E-state index is 12.4. The van der Waals surface area contributed by atoms with Gasteiger partial charge in [-0.15, -0.1) is 11.3 Å². The van der Waals surface area contributed by atoms with Gasteiger partial charge in [-0.2, -0.15) is 0 Å². The summed E-state index contributed by atoms with van der Waals surface area (Å²) in [6.45, 7) is 3.43. The molecule has 2 aromatic carbocycles. The number of aryl methyl sites for hydroxylation is 1. The fourth-order valence-corrected chi connectivity index (χ4v) is 3.79. The first kappa shape index (κ1) is 18.8.